The molecule has 0 bridgehead atoms. The van der Waals surface area contributed by atoms with Gasteiger partial charge in [0.05, 0.1) is 11.3 Å². The van der Waals surface area contributed by atoms with E-state index in [1.54, 1.807) is 12.1 Å². The van der Waals surface area contributed by atoms with E-state index in [4.69, 9.17) is 4.74 Å². The van der Waals surface area contributed by atoms with Gasteiger partial charge in [-0.1, -0.05) is 30.3 Å². The molecule has 1 amide bonds. The van der Waals surface area contributed by atoms with Crippen LogP contribution in [0.4, 0.5) is 5.69 Å². The van der Waals surface area contributed by atoms with E-state index in [0.717, 1.165) is 10.8 Å². The summed E-state index contributed by atoms with van der Waals surface area (Å²) >= 11 is 0. The van der Waals surface area contributed by atoms with Gasteiger partial charge in [0, 0.05) is 12.5 Å². The van der Waals surface area contributed by atoms with Crippen molar-refractivity contribution in [2.24, 2.45) is 0 Å². The van der Waals surface area contributed by atoms with Crippen LogP contribution in [0.5, 0.6) is 5.75 Å². The highest BCUT2D eigenvalue weighted by Crippen LogP contribution is 2.24. The van der Waals surface area contributed by atoms with Gasteiger partial charge in [-0.3, -0.25) is 9.59 Å². The molecule has 3 aromatic carbocycles. The van der Waals surface area contributed by atoms with Crippen LogP contribution in [0.2, 0.25) is 0 Å². The molecule has 3 aromatic rings. The number of anilines is 1. The summed E-state index contributed by atoms with van der Waals surface area (Å²) in [4.78, 5) is 35.6. The first-order chi connectivity index (χ1) is 12.9. The Hall–Kier alpha value is -3.67. The molecule has 3 rings (SSSR count). The van der Waals surface area contributed by atoms with E-state index in [2.05, 4.69) is 5.32 Å². The summed E-state index contributed by atoms with van der Waals surface area (Å²) in [5, 5.41) is 14.0. The Labute approximate surface area is 155 Å². The number of ether oxygens (including phenoxy) is 1. The van der Waals surface area contributed by atoms with Gasteiger partial charge in [-0.15, -0.1) is 0 Å². The molecule has 0 aliphatic heterocycles. The maximum Gasteiger partial charge on any atom is 0.338 e. The summed E-state index contributed by atoms with van der Waals surface area (Å²) < 4.78 is 5.11. The second-order valence-electron chi connectivity index (χ2n) is 5.97. The first kappa shape index (κ1) is 18.1. The summed E-state index contributed by atoms with van der Waals surface area (Å²) in [6, 6.07) is 16.8. The van der Waals surface area contributed by atoms with Gasteiger partial charge >= 0.3 is 5.97 Å². The van der Waals surface area contributed by atoms with E-state index < -0.39 is 18.4 Å². The van der Waals surface area contributed by atoms with Crippen molar-refractivity contribution in [3.8, 4) is 5.75 Å². The second kappa shape index (κ2) is 7.70. The van der Waals surface area contributed by atoms with Crippen molar-refractivity contribution in [1.82, 2.24) is 0 Å². The van der Waals surface area contributed by atoms with Gasteiger partial charge in [0.1, 0.15) is 5.75 Å². The minimum Gasteiger partial charge on any atom is -0.506 e. The third kappa shape index (κ3) is 4.30. The highest BCUT2D eigenvalue weighted by Gasteiger charge is 2.14. The molecular weight excluding hydrogens is 346 g/mol. The summed E-state index contributed by atoms with van der Waals surface area (Å²) in [5.74, 6) is -1.58. The molecular formula is C21H17NO5. The largest absolute Gasteiger partial charge is 0.506 e. The van der Waals surface area contributed by atoms with Gasteiger partial charge in [-0.05, 0) is 41.1 Å². The van der Waals surface area contributed by atoms with Crippen molar-refractivity contribution in [1.29, 1.82) is 0 Å². The third-order valence-electron chi connectivity index (χ3n) is 3.95. The topological polar surface area (TPSA) is 92.7 Å². The molecule has 27 heavy (non-hydrogen) atoms. The van der Waals surface area contributed by atoms with E-state index in [9.17, 15) is 19.5 Å². The number of hydrogen-bond donors (Lipinski definition) is 2. The SMILES string of the molecule is CC(=O)Nc1cc(C(=O)COC(=O)c2ccc3ccccc3c2)ccc1O. The molecule has 0 aliphatic carbocycles. The fourth-order valence-electron chi connectivity index (χ4n) is 2.61. The molecule has 136 valence electrons. The number of phenols is 1. The number of benzene rings is 3. The van der Waals surface area contributed by atoms with Gasteiger partial charge in [-0.25, -0.2) is 4.79 Å². The lowest BCUT2D eigenvalue weighted by molar-refractivity contribution is -0.114. The number of fused-ring (bicyclic) bond motifs is 1. The molecule has 0 saturated heterocycles. The van der Waals surface area contributed by atoms with Gasteiger partial charge in [0.25, 0.3) is 0 Å². The molecule has 0 aromatic heterocycles. The van der Waals surface area contributed by atoms with Gasteiger partial charge in [0.2, 0.25) is 5.91 Å². The highest BCUT2D eigenvalue weighted by molar-refractivity contribution is 6.02. The van der Waals surface area contributed by atoms with Gasteiger partial charge in [0.15, 0.2) is 12.4 Å². The minimum atomic E-state index is -0.602. The van der Waals surface area contributed by atoms with Crippen LogP contribution in [0.15, 0.2) is 60.7 Å². The lowest BCUT2D eigenvalue weighted by atomic mass is 10.1. The van der Waals surface area contributed by atoms with Crippen molar-refractivity contribution < 1.29 is 24.2 Å². The van der Waals surface area contributed by atoms with E-state index >= 15 is 0 Å². The number of esters is 1. The highest BCUT2D eigenvalue weighted by atomic mass is 16.5. The summed E-state index contributed by atoms with van der Waals surface area (Å²) in [6.45, 7) is 0.842. The molecule has 6 nitrogen and oxygen atoms in total. The Bertz CT molecular complexity index is 1040. The van der Waals surface area contributed by atoms with Gasteiger partial charge < -0.3 is 15.2 Å². The molecule has 0 unspecified atom stereocenters. The van der Waals surface area contributed by atoms with Crippen molar-refractivity contribution in [3.05, 3.63) is 71.8 Å². The number of rotatable bonds is 5. The summed E-state index contributed by atoms with van der Waals surface area (Å²) in [6.07, 6.45) is 0. The van der Waals surface area contributed by atoms with Crippen LogP contribution in [0.1, 0.15) is 27.6 Å². The molecule has 0 atom stereocenters. The Morgan fingerprint density at radius 1 is 0.926 bits per heavy atom. The predicted octanol–water partition coefficient (Wildman–Crippen LogP) is 3.54. The number of Topliss-reactive ketones (excluding diaryl/α,β-unsaturated/α-hetero) is 1. The number of nitrogens with one attached hydrogen (secondary N) is 1. The quantitative estimate of drug-likeness (QED) is 0.411. The van der Waals surface area contributed by atoms with Crippen LogP contribution in [-0.4, -0.2) is 29.4 Å². The van der Waals surface area contributed by atoms with Crippen molar-refractivity contribution in [2.75, 3.05) is 11.9 Å². The third-order valence-corrected chi connectivity index (χ3v) is 3.95. The Morgan fingerprint density at radius 2 is 1.63 bits per heavy atom. The number of hydrogen-bond acceptors (Lipinski definition) is 5. The zero-order chi connectivity index (χ0) is 19.4. The maximum atomic E-state index is 12.3. The molecule has 0 aliphatic rings. The number of aromatic hydroxyl groups is 1. The first-order valence-corrected chi connectivity index (χ1v) is 8.24. The first-order valence-electron chi connectivity index (χ1n) is 8.24. The Kier molecular flexibility index (Phi) is 5.17. The smallest absolute Gasteiger partial charge is 0.338 e. The number of ketones is 1. The molecule has 0 heterocycles. The molecule has 0 saturated carbocycles. The number of amides is 1. The Morgan fingerprint density at radius 3 is 2.37 bits per heavy atom. The zero-order valence-corrected chi connectivity index (χ0v) is 14.6. The minimum absolute atomic E-state index is 0.120. The standard InChI is InChI=1S/C21H17NO5/c1-13(23)22-18-11-16(8-9-19(18)24)20(25)12-27-21(26)17-7-6-14-4-2-3-5-15(14)10-17/h2-11,24H,12H2,1H3,(H,22,23). The normalized spacial score (nSPS) is 10.4. The van der Waals surface area contributed by atoms with Crippen LogP contribution in [0, 0.1) is 0 Å². The van der Waals surface area contributed by atoms with E-state index in [1.807, 2.05) is 30.3 Å². The maximum absolute atomic E-state index is 12.3. The molecule has 6 heteroatoms. The number of carbonyl (C=O) groups is 3. The van der Waals surface area contributed by atoms with Crippen LogP contribution in [-0.2, 0) is 9.53 Å². The lowest BCUT2D eigenvalue weighted by Gasteiger charge is -2.08. The fraction of sp³-hybridized carbons (Fsp3) is 0.0952. The van der Waals surface area contributed by atoms with Crippen LogP contribution < -0.4 is 5.32 Å². The van der Waals surface area contributed by atoms with Crippen molar-refractivity contribution in [3.63, 3.8) is 0 Å². The summed E-state index contributed by atoms with van der Waals surface area (Å²) in [7, 11) is 0. The van der Waals surface area contributed by atoms with E-state index in [1.165, 1.54) is 25.1 Å². The second-order valence-corrected chi connectivity index (χ2v) is 5.97. The number of phenolic OH excluding ortho intramolecular Hbond substituents is 1. The average Bonchev–Trinajstić information content (AvgIpc) is 2.66. The molecule has 0 radical (unpaired) electrons. The van der Waals surface area contributed by atoms with Crippen molar-refractivity contribution in [2.45, 2.75) is 6.92 Å². The zero-order valence-electron chi connectivity index (χ0n) is 14.6. The number of carbonyl (C=O) groups excluding carboxylic acids is 3. The van der Waals surface area contributed by atoms with E-state index in [0.29, 0.717) is 5.56 Å². The molecule has 0 spiro atoms. The summed E-state index contributed by atoms with van der Waals surface area (Å²) in [5.41, 5.74) is 0.684. The van der Waals surface area contributed by atoms with Gasteiger partial charge in [-0.2, -0.15) is 0 Å². The average molecular weight is 363 g/mol. The van der Waals surface area contributed by atoms with Crippen LogP contribution in [0.3, 0.4) is 0 Å². The lowest BCUT2D eigenvalue weighted by Crippen LogP contribution is -2.15. The van der Waals surface area contributed by atoms with Crippen molar-refractivity contribution >= 4 is 34.1 Å². The van der Waals surface area contributed by atoms with E-state index in [-0.39, 0.29) is 22.9 Å². The van der Waals surface area contributed by atoms with Crippen LogP contribution in [0.25, 0.3) is 10.8 Å². The molecule has 2 N–H and O–H groups in total. The molecule has 0 fully saturated rings. The Balaban J connectivity index is 1.69. The predicted molar refractivity (Wildman–Crippen MR) is 101 cm³/mol. The monoisotopic (exact) mass is 363 g/mol. The van der Waals surface area contributed by atoms with Crippen LogP contribution >= 0.6 is 0 Å². The fourth-order valence-corrected chi connectivity index (χ4v) is 2.61.